The summed E-state index contributed by atoms with van der Waals surface area (Å²) in [6.07, 6.45) is 0. The van der Waals surface area contributed by atoms with Crippen molar-refractivity contribution in [1.29, 1.82) is 0 Å². The van der Waals surface area contributed by atoms with Crippen LogP contribution in [-0.2, 0) is 14.3 Å². The fourth-order valence-electron chi connectivity index (χ4n) is 4.28. The van der Waals surface area contributed by atoms with Crippen LogP contribution < -0.4 is 0 Å². The molecule has 126 valence electrons. The average molecular weight is 312 g/mol. The molecule has 6 heteroatoms. The Morgan fingerprint density at radius 3 is 2.55 bits per heavy atom. The van der Waals surface area contributed by atoms with Gasteiger partial charge in [-0.2, -0.15) is 0 Å². The second-order valence-corrected chi connectivity index (χ2v) is 7.90. The first-order chi connectivity index (χ1) is 10.4. The van der Waals surface area contributed by atoms with Crippen molar-refractivity contribution >= 4 is 5.97 Å². The number of carbonyl (C=O) groups is 1. The Hall–Kier alpha value is -0.690. The zero-order chi connectivity index (χ0) is 15.8. The molecule has 0 bridgehead atoms. The van der Waals surface area contributed by atoms with E-state index in [2.05, 4.69) is 23.6 Å². The van der Waals surface area contributed by atoms with E-state index in [-0.39, 0.29) is 11.3 Å². The lowest BCUT2D eigenvalue weighted by Crippen LogP contribution is -2.46. The number of ether oxygens (including phenoxy) is 2. The highest BCUT2D eigenvalue weighted by Gasteiger charge is 2.56. The number of hydrogen-bond acceptors (Lipinski definition) is 5. The largest absolute Gasteiger partial charge is 0.481 e. The van der Waals surface area contributed by atoms with Gasteiger partial charge < -0.3 is 19.5 Å². The normalized spacial score (nSPS) is 34.0. The molecule has 3 rings (SSSR count). The minimum Gasteiger partial charge on any atom is -0.481 e. The predicted octanol–water partition coefficient (Wildman–Crippen LogP) is 0.378. The van der Waals surface area contributed by atoms with Crippen LogP contribution in [0.15, 0.2) is 0 Å². The number of rotatable bonds is 5. The minimum atomic E-state index is -0.691. The predicted molar refractivity (Wildman–Crippen MR) is 81.9 cm³/mol. The van der Waals surface area contributed by atoms with Crippen molar-refractivity contribution in [3.63, 3.8) is 0 Å². The monoisotopic (exact) mass is 312 g/mol. The standard InChI is InChI=1S/C16H28N2O4/c1-15(2,9-17-3-5-21-6-4-17)10-18-7-13-8-22-12-16(13,11-18)14(19)20/h13H,3-12H2,1-2H3,(H,19,20)/t13-,16-/m1/s1. The summed E-state index contributed by atoms with van der Waals surface area (Å²) >= 11 is 0. The van der Waals surface area contributed by atoms with Gasteiger partial charge in [-0.15, -0.1) is 0 Å². The van der Waals surface area contributed by atoms with Gasteiger partial charge in [0.1, 0.15) is 5.41 Å². The second kappa shape index (κ2) is 6.07. The molecule has 0 radical (unpaired) electrons. The minimum absolute atomic E-state index is 0.143. The number of fused-ring (bicyclic) bond motifs is 1. The Kier molecular flexibility index (Phi) is 4.47. The number of nitrogens with zero attached hydrogens (tertiary/aromatic N) is 2. The van der Waals surface area contributed by atoms with Crippen molar-refractivity contribution in [3.8, 4) is 0 Å². The highest BCUT2D eigenvalue weighted by molar-refractivity contribution is 5.76. The summed E-state index contributed by atoms with van der Waals surface area (Å²) in [5.41, 5.74) is -0.522. The summed E-state index contributed by atoms with van der Waals surface area (Å²) in [7, 11) is 0. The van der Waals surface area contributed by atoms with Crippen molar-refractivity contribution in [2.24, 2.45) is 16.7 Å². The Balaban J connectivity index is 1.58. The lowest BCUT2D eigenvalue weighted by Gasteiger charge is -2.37. The Morgan fingerprint density at radius 1 is 1.23 bits per heavy atom. The molecule has 3 saturated heterocycles. The van der Waals surface area contributed by atoms with Crippen LogP contribution in [0.25, 0.3) is 0 Å². The molecule has 0 unspecified atom stereocenters. The van der Waals surface area contributed by atoms with Gasteiger partial charge in [-0.05, 0) is 5.41 Å². The third kappa shape index (κ3) is 3.15. The Bertz CT molecular complexity index is 422. The summed E-state index contributed by atoms with van der Waals surface area (Å²) in [5.74, 6) is -0.548. The highest BCUT2D eigenvalue weighted by Crippen LogP contribution is 2.42. The molecule has 0 saturated carbocycles. The molecular formula is C16H28N2O4. The topological polar surface area (TPSA) is 62.2 Å². The highest BCUT2D eigenvalue weighted by atomic mass is 16.5. The van der Waals surface area contributed by atoms with Crippen LogP contribution in [0.5, 0.6) is 0 Å². The van der Waals surface area contributed by atoms with Gasteiger partial charge in [0.05, 0.1) is 26.4 Å². The van der Waals surface area contributed by atoms with E-state index >= 15 is 0 Å². The van der Waals surface area contributed by atoms with Crippen molar-refractivity contribution in [2.75, 3.05) is 65.7 Å². The molecule has 0 aromatic heterocycles. The van der Waals surface area contributed by atoms with Gasteiger partial charge in [-0.25, -0.2) is 0 Å². The second-order valence-electron chi connectivity index (χ2n) is 7.90. The molecule has 3 fully saturated rings. The van der Waals surface area contributed by atoms with Gasteiger partial charge in [-0.1, -0.05) is 13.8 Å². The molecule has 0 aromatic carbocycles. The third-order valence-electron chi connectivity index (χ3n) is 5.28. The molecule has 3 aliphatic heterocycles. The zero-order valence-corrected chi connectivity index (χ0v) is 13.7. The van der Waals surface area contributed by atoms with E-state index in [1.165, 1.54) is 0 Å². The lowest BCUT2D eigenvalue weighted by atomic mass is 9.81. The van der Waals surface area contributed by atoms with Gasteiger partial charge in [0, 0.05) is 45.2 Å². The summed E-state index contributed by atoms with van der Waals surface area (Å²) < 4.78 is 10.9. The maximum absolute atomic E-state index is 11.7. The van der Waals surface area contributed by atoms with Crippen LogP contribution in [0.1, 0.15) is 13.8 Å². The fraction of sp³-hybridized carbons (Fsp3) is 0.938. The van der Waals surface area contributed by atoms with E-state index in [9.17, 15) is 9.90 Å². The number of hydrogen-bond donors (Lipinski definition) is 1. The molecule has 3 heterocycles. The van der Waals surface area contributed by atoms with Crippen LogP contribution in [0.3, 0.4) is 0 Å². The fourth-order valence-corrected chi connectivity index (χ4v) is 4.28. The van der Waals surface area contributed by atoms with E-state index in [0.29, 0.717) is 19.8 Å². The van der Waals surface area contributed by atoms with Gasteiger partial charge in [-0.3, -0.25) is 9.69 Å². The molecule has 0 amide bonds. The van der Waals surface area contributed by atoms with Crippen molar-refractivity contribution < 1.29 is 19.4 Å². The average Bonchev–Trinajstić information content (AvgIpc) is 2.96. The molecule has 2 atom stereocenters. The Labute approximate surface area is 132 Å². The quantitative estimate of drug-likeness (QED) is 0.792. The maximum Gasteiger partial charge on any atom is 0.313 e. The van der Waals surface area contributed by atoms with Gasteiger partial charge in [0.2, 0.25) is 0 Å². The molecule has 0 aromatic rings. The van der Waals surface area contributed by atoms with E-state index in [1.54, 1.807) is 0 Å². The van der Waals surface area contributed by atoms with Crippen molar-refractivity contribution in [3.05, 3.63) is 0 Å². The van der Waals surface area contributed by atoms with Crippen molar-refractivity contribution in [1.82, 2.24) is 9.80 Å². The molecule has 0 aliphatic carbocycles. The summed E-state index contributed by atoms with van der Waals surface area (Å²) in [6, 6.07) is 0. The first-order valence-corrected chi connectivity index (χ1v) is 8.25. The molecule has 1 N–H and O–H groups in total. The molecule has 3 aliphatic rings. The van der Waals surface area contributed by atoms with Gasteiger partial charge in [0.25, 0.3) is 0 Å². The number of likely N-dealkylation sites (tertiary alicyclic amines) is 1. The number of morpholine rings is 1. The summed E-state index contributed by atoms with van der Waals surface area (Å²) in [6.45, 7) is 12.6. The number of carboxylic acids is 1. The van der Waals surface area contributed by atoms with E-state index in [0.717, 1.165) is 45.9 Å². The van der Waals surface area contributed by atoms with Crippen LogP contribution in [0.2, 0.25) is 0 Å². The van der Waals surface area contributed by atoms with E-state index in [1.807, 2.05) is 0 Å². The molecule has 6 nitrogen and oxygen atoms in total. The first-order valence-electron chi connectivity index (χ1n) is 8.25. The van der Waals surface area contributed by atoms with Crippen molar-refractivity contribution in [2.45, 2.75) is 13.8 Å². The Morgan fingerprint density at radius 2 is 1.91 bits per heavy atom. The molecule has 0 spiro atoms. The third-order valence-corrected chi connectivity index (χ3v) is 5.28. The smallest absolute Gasteiger partial charge is 0.313 e. The van der Waals surface area contributed by atoms with Gasteiger partial charge >= 0.3 is 5.97 Å². The number of aliphatic carboxylic acids is 1. The summed E-state index contributed by atoms with van der Waals surface area (Å²) in [5, 5.41) is 9.62. The molecular weight excluding hydrogens is 284 g/mol. The molecule has 22 heavy (non-hydrogen) atoms. The maximum atomic E-state index is 11.7. The van der Waals surface area contributed by atoms with E-state index < -0.39 is 11.4 Å². The first kappa shape index (κ1) is 16.2. The SMILES string of the molecule is CC(C)(CN1CCOCC1)CN1C[C@@H]2COC[C@]2(C(=O)O)C1. The zero-order valence-electron chi connectivity index (χ0n) is 13.7. The van der Waals surface area contributed by atoms with E-state index in [4.69, 9.17) is 9.47 Å². The lowest BCUT2D eigenvalue weighted by molar-refractivity contribution is -0.149. The number of carboxylic acid groups (broad SMARTS) is 1. The van der Waals surface area contributed by atoms with Crippen LogP contribution in [0.4, 0.5) is 0 Å². The van der Waals surface area contributed by atoms with Gasteiger partial charge in [0.15, 0.2) is 0 Å². The van der Waals surface area contributed by atoms with Crippen LogP contribution in [-0.4, -0.2) is 86.6 Å². The summed E-state index contributed by atoms with van der Waals surface area (Å²) in [4.78, 5) is 16.5. The van der Waals surface area contributed by atoms with Crippen LogP contribution >= 0.6 is 0 Å². The van der Waals surface area contributed by atoms with Crippen LogP contribution in [0, 0.1) is 16.7 Å².